The van der Waals surface area contributed by atoms with Crippen LogP contribution in [0.1, 0.15) is 17.8 Å². The highest BCUT2D eigenvalue weighted by Crippen LogP contribution is 2.05. The second-order valence-corrected chi connectivity index (χ2v) is 5.48. The number of rotatable bonds is 9. The van der Waals surface area contributed by atoms with E-state index in [-0.39, 0.29) is 6.61 Å². The Morgan fingerprint density at radius 2 is 2.33 bits per heavy atom. The summed E-state index contributed by atoms with van der Waals surface area (Å²) in [6, 6.07) is 2.07. The van der Waals surface area contributed by atoms with Crippen molar-refractivity contribution in [1.82, 2.24) is 23.8 Å². The molecule has 0 radical (unpaired) electrons. The third-order valence-corrected chi connectivity index (χ3v) is 3.43. The molecule has 1 unspecified atom stereocenters. The lowest BCUT2D eigenvalue weighted by atomic mass is 10.3. The molecule has 2 N–H and O–H groups in total. The predicted molar refractivity (Wildman–Crippen MR) is 80.6 cm³/mol. The summed E-state index contributed by atoms with van der Waals surface area (Å²) < 4.78 is 15.0. The molecule has 2 rings (SSSR count). The minimum Gasteiger partial charge on any atom is -0.473 e. The zero-order valence-corrected chi connectivity index (χ0v) is 13.1. The van der Waals surface area contributed by atoms with Gasteiger partial charge in [-0.25, -0.2) is 0 Å². The van der Waals surface area contributed by atoms with Crippen molar-refractivity contribution in [2.45, 2.75) is 32.9 Å². The van der Waals surface area contributed by atoms with Gasteiger partial charge in [-0.2, -0.15) is 9.47 Å². The van der Waals surface area contributed by atoms with Gasteiger partial charge in [0.15, 0.2) is 0 Å². The summed E-state index contributed by atoms with van der Waals surface area (Å²) in [5, 5.41) is 17.4. The zero-order chi connectivity index (χ0) is 15.1. The molecule has 0 aromatic carbocycles. The maximum Gasteiger partial charge on any atom is 0.245 e. The van der Waals surface area contributed by atoms with Crippen molar-refractivity contribution in [3.63, 3.8) is 0 Å². The molecular formula is C13H21N5O2S. The molecule has 1 atom stereocenters. The third kappa shape index (κ3) is 5.41. The Bertz CT molecular complexity index is 529. The second-order valence-electron chi connectivity index (χ2n) is 4.92. The highest BCUT2D eigenvalue weighted by atomic mass is 32.1. The fraction of sp³-hybridized carbons (Fsp3) is 0.615. The molecule has 2 aromatic rings. The monoisotopic (exact) mass is 311 g/mol. The maximum absolute atomic E-state index is 9.76. The Hall–Kier alpha value is -1.51. The molecular weight excluding hydrogens is 290 g/mol. The quantitative estimate of drug-likeness (QED) is 0.666. The van der Waals surface area contributed by atoms with Crippen molar-refractivity contribution < 1.29 is 9.84 Å². The van der Waals surface area contributed by atoms with Gasteiger partial charge in [0, 0.05) is 18.8 Å². The van der Waals surface area contributed by atoms with Gasteiger partial charge in [0.1, 0.15) is 18.9 Å². The number of nitrogens with zero attached hydrogens (tertiary/aromatic N) is 4. The van der Waals surface area contributed by atoms with Gasteiger partial charge in [0.25, 0.3) is 0 Å². The third-order valence-electron chi connectivity index (χ3n) is 2.97. The van der Waals surface area contributed by atoms with Gasteiger partial charge in [0.05, 0.1) is 17.4 Å². The number of aliphatic hydroxyl groups excluding tert-OH is 1. The minimum absolute atomic E-state index is 0.218. The fourth-order valence-electron chi connectivity index (χ4n) is 1.98. The second kappa shape index (κ2) is 8.06. The molecule has 8 heteroatoms. The van der Waals surface area contributed by atoms with E-state index in [2.05, 4.69) is 32.2 Å². The Balaban J connectivity index is 1.54. The molecule has 0 spiro atoms. The summed E-state index contributed by atoms with van der Waals surface area (Å²) in [5.41, 5.74) is 2.22. The maximum atomic E-state index is 9.76. The van der Waals surface area contributed by atoms with Crippen LogP contribution in [0.5, 0.6) is 5.88 Å². The number of hydrogen-bond donors (Lipinski definition) is 2. The van der Waals surface area contributed by atoms with E-state index >= 15 is 0 Å². The van der Waals surface area contributed by atoms with Crippen molar-refractivity contribution in [2.24, 2.45) is 0 Å². The summed E-state index contributed by atoms with van der Waals surface area (Å²) in [7, 11) is 0. The van der Waals surface area contributed by atoms with Gasteiger partial charge in [-0.05, 0) is 32.9 Å². The number of aliphatic hydroxyl groups is 1. The van der Waals surface area contributed by atoms with Crippen LogP contribution in [0.4, 0.5) is 0 Å². The van der Waals surface area contributed by atoms with Crippen LogP contribution in [0, 0.1) is 13.8 Å². The van der Waals surface area contributed by atoms with Crippen LogP contribution in [0.3, 0.4) is 0 Å². The van der Waals surface area contributed by atoms with E-state index in [1.165, 1.54) is 5.69 Å². The van der Waals surface area contributed by atoms with E-state index in [9.17, 15) is 5.11 Å². The number of aryl methyl sites for hydroxylation is 3. The lowest BCUT2D eigenvalue weighted by Gasteiger charge is -2.12. The Labute approximate surface area is 128 Å². The molecule has 0 aliphatic carbocycles. The predicted octanol–water partition coefficient (Wildman–Crippen LogP) is 0.771. The van der Waals surface area contributed by atoms with E-state index in [1.807, 2.05) is 11.6 Å². The standard InChI is InChI=1S/C13H21N5O2S/c1-10-6-11(2)18(16-10)5-3-4-14-7-12(19)9-20-13-8-15-21-17-13/h6,8,12,14,19H,3-5,7,9H2,1-2H3. The normalized spacial score (nSPS) is 12.5. The van der Waals surface area contributed by atoms with Crippen LogP contribution in [0.25, 0.3) is 0 Å². The lowest BCUT2D eigenvalue weighted by Crippen LogP contribution is -2.32. The number of ether oxygens (including phenoxy) is 1. The van der Waals surface area contributed by atoms with Crippen LogP contribution in [0.15, 0.2) is 12.3 Å². The summed E-state index contributed by atoms with van der Waals surface area (Å²) in [4.78, 5) is 0. The molecule has 21 heavy (non-hydrogen) atoms. The van der Waals surface area contributed by atoms with Crippen molar-refractivity contribution >= 4 is 11.7 Å². The lowest BCUT2D eigenvalue weighted by molar-refractivity contribution is 0.104. The van der Waals surface area contributed by atoms with Crippen molar-refractivity contribution in [1.29, 1.82) is 0 Å². The molecule has 0 aliphatic rings. The molecule has 0 aliphatic heterocycles. The summed E-state index contributed by atoms with van der Waals surface area (Å²) in [6.07, 6.45) is 1.95. The molecule has 0 fully saturated rings. The number of hydrogen-bond acceptors (Lipinski definition) is 7. The van der Waals surface area contributed by atoms with Gasteiger partial charge in [-0.1, -0.05) is 0 Å². The Morgan fingerprint density at radius 1 is 1.48 bits per heavy atom. The van der Waals surface area contributed by atoms with Gasteiger partial charge in [-0.15, -0.1) is 4.37 Å². The van der Waals surface area contributed by atoms with Crippen molar-refractivity contribution in [3.8, 4) is 5.88 Å². The van der Waals surface area contributed by atoms with Crippen molar-refractivity contribution in [3.05, 3.63) is 23.7 Å². The molecule has 2 aromatic heterocycles. The summed E-state index contributed by atoms with van der Waals surface area (Å²) in [6.45, 7) is 6.47. The van der Waals surface area contributed by atoms with Gasteiger partial charge >= 0.3 is 0 Å². The van der Waals surface area contributed by atoms with Gasteiger partial charge < -0.3 is 15.2 Å². The average Bonchev–Trinajstić information content (AvgIpc) is 3.06. The molecule has 116 valence electrons. The van der Waals surface area contributed by atoms with Crippen LogP contribution in [-0.2, 0) is 6.54 Å². The molecule has 0 amide bonds. The SMILES string of the molecule is Cc1cc(C)n(CCCNCC(O)COc2cnsn2)n1. The van der Waals surface area contributed by atoms with Crippen LogP contribution < -0.4 is 10.1 Å². The minimum atomic E-state index is -0.555. The molecule has 0 saturated carbocycles. The highest BCUT2D eigenvalue weighted by molar-refractivity contribution is 6.99. The van der Waals surface area contributed by atoms with E-state index < -0.39 is 6.10 Å². The molecule has 7 nitrogen and oxygen atoms in total. The highest BCUT2D eigenvalue weighted by Gasteiger charge is 2.06. The van der Waals surface area contributed by atoms with Gasteiger partial charge in [-0.3, -0.25) is 4.68 Å². The van der Waals surface area contributed by atoms with Gasteiger partial charge in [0.2, 0.25) is 5.88 Å². The Kier molecular flexibility index (Phi) is 6.09. The van der Waals surface area contributed by atoms with Crippen LogP contribution in [-0.4, -0.2) is 49.4 Å². The Morgan fingerprint density at radius 3 is 3.00 bits per heavy atom. The number of nitrogens with one attached hydrogen (secondary N) is 1. The zero-order valence-electron chi connectivity index (χ0n) is 12.3. The topological polar surface area (TPSA) is 85.1 Å². The molecule has 0 saturated heterocycles. The van der Waals surface area contributed by atoms with Crippen molar-refractivity contribution in [2.75, 3.05) is 19.7 Å². The van der Waals surface area contributed by atoms with E-state index in [1.54, 1.807) is 6.20 Å². The summed E-state index contributed by atoms with van der Waals surface area (Å²) >= 11 is 1.09. The van der Waals surface area contributed by atoms with Crippen LogP contribution >= 0.6 is 11.7 Å². The largest absolute Gasteiger partial charge is 0.473 e. The first-order valence-corrected chi connectivity index (χ1v) is 7.68. The average molecular weight is 311 g/mol. The van der Waals surface area contributed by atoms with E-state index in [4.69, 9.17) is 4.74 Å². The van der Waals surface area contributed by atoms with E-state index in [0.717, 1.165) is 36.9 Å². The first kappa shape index (κ1) is 15.9. The first-order valence-electron chi connectivity index (χ1n) is 6.95. The number of aromatic nitrogens is 4. The van der Waals surface area contributed by atoms with Crippen LogP contribution in [0.2, 0.25) is 0 Å². The molecule has 2 heterocycles. The molecule has 0 bridgehead atoms. The smallest absolute Gasteiger partial charge is 0.245 e. The van der Waals surface area contributed by atoms with E-state index in [0.29, 0.717) is 12.4 Å². The fourth-order valence-corrected chi connectivity index (χ4v) is 2.35. The summed E-state index contributed by atoms with van der Waals surface area (Å²) in [5.74, 6) is 0.462. The first-order chi connectivity index (χ1) is 10.1.